The Hall–Kier alpha value is -1.58. The number of hydrogen-bond acceptors (Lipinski definition) is 3. The van der Waals surface area contributed by atoms with Crippen LogP contribution in [0.4, 0.5) is 0 Å². The molecule has 10 heavy (non-hydrogen) atoms. The Morgan fingerprint density at radius 2 is 2.50 bits per heavy atom. The van der Waals surface area contributed by atoms with Gasteiger partial charge in [-0.25, -0.2) is 9.97 Å². The van der Waals surface area contributed by atoms with Gasteiger partial charge in [0.2, 0.25) is 0 Å². The number of aromatic amines is 1. The smallest absolute Gasteiger partial charge is 0.181 e. The van der Waals surface area contributed by atoms with Crippen LogP contribution in [0.1, 0.15) is 0 Å². The van der Waals surface area contributed by atoms with Gasteiger partial charge in [0.1, 0.15) is 5.69 Å². The molecule has 2 heterocycles. The maximum absolute atomic E-state index is 4.98. The molecule has 0 aromatic carbocycles. The Kier molecular flexibility index (Phi) is 1.04. The number of H-pyrrole nitrogens is 1. The zero-order valence-electron chi connectivity index (χ0n) is 5.11. The summed E-state index contributed by atoms with van der Waals surface area (Å²) in [7, 11) is 0. The lowest BCUT2D eigenvalue weighted by Gasteiger charge is -1.81. The lowest BCUT2D eigenvalue weighted by Crippen LogP contribution is -1.68. The van der Waals surface area contributed by atoms with E-state index in [1.807, 2.05) is 0 Å². The van der Waals surface area contributed by atoms with Gasteiger partial charge in [0, 0.05) is 6.20 Å². The molecule has 4 nitrogen and oxygen atoms in total. The third kappa shape index (κ3) is 0.699. The Morgan fingerprint density at radius 1 is 1.50 bits per heavy atom. The second kappa shape index (κ2) is 1.98. The van der Waals surface area contributed by atoms with Crippen molar-refractivity contribution in [1.29, 1.82) is 0 Å². The molecule has 0 spiro atoms. The van der Waals surface area contributed by atoms with E-state index in [0.717, 1.165) is 5.69 Å². The quantitative estimate of drug-likeness (QED) is 0.636. The number of hydrogen-bond donors (Lipinski definition) is 1. The van der Waals surface area contributed by atoms with E-state index in [-0.39, 0.29) is 0 Å². The molecule has 0 aliphatic carbocycles. The van der Waals surface area contributed by atoms with Gasteiger partial charge in [0.05, 0.1) is 12.5 Å². The van der Waals surface area contributed by atoms with E-state index >= 15 is 0 Å². The first-order valence-electron chi connectivity index (χ1n) is 2.84. The number of aromatic nitrogens is 3. The first-order chi connectivity index (χ1) is 4.97. The van der Waals surface area contributed by atoms with E-state index in [0.29, 0.717) is 5.76 Å². The monoisotopic (exact) mass is 135 g/mol. The fourth-order valence-electron chi connectivity index (χ4n) is 0.737. The molecule has 0 radical (unpaired) electrons. The zero-order valence-corrected chi connectivity index (χ0v) is 5.11. The summed E-state index contributed by atoms with van der Waals surface area (Å²) in [5, 5.41) is 0. The van der Waals surface area contributed by atoms with E-state index in [2.05, 4.69) is 15.0 Å². The molecule has 0 aliphatic heterocycles. The van der Waals surface area contributed by atoms with Crippen molar-refractivity contribution in [3.05, 3.63) is 25.1 Å². The van der Waals surface area contributed by atoms with Crippen LogP contribution in [0.5, 0.6) is 0 Å². The van der Waals surface area contributed by atoms with Gasteiger partial charge < -0.3 is 9.40 Å². The van der Waals surface area contributed by atoms with Crippen molar-refractivity contribution in [3.8, 4) is 11.5 Å². The third-order valence-corrected chi connectivity index (χ3v) is 1.18. The van der Waals surface area contributed by atoms with Crippen LogP contribution in [0.15, 0.2) is 29.5 Å². The van der Waals surface area contributed by atoms with Crippen molar-refractivity contribution in [1.82, 2.24) is 15.0 Å². The Morgan fingerprint density at radius 3 is 3.10 bits per heavy atom. The molecular formula is C6H5N3O. The summed E-state index contributed by atoms with van der Waals surface area (Å²) in [5.41, 5.74) is 0.775. The van der Waals surface area contributed by atoms with Gasteiger partial charge in [-0.3, -0.25) is 0 Å². The van der Waals surface area contributed by atoms with Crippen LogP contribution in [-0.2, 0) is 0 Å². The van der Waals surface area contributed by atoms with Gasteiger partial charge in [-0.2, -0.15) is 0 Å². The summed E-state index contributed by atoms with van der Waals surface area (Å²) in [6.45, 7) is 0. The van der Waals surface area contributed by atoms with Crippen LogP contribution in [0.3, 0.4) is 0 Å². The van der Waals surface area contributed by atoms with Crippen LogP contribution in [0.25, 0.3) is 11.5 Å². The van der Waals surface area contributed by atoms with Crippen LogP contribution >= 0.6 is 0 Å². The largest absolute Gasteiger partial charge is 0.442 e. The molecule has 0 bridgehead atoms. The first-order valence-corrected chi connectivity index (χ1v) is 2.84. The molecular weight excluding hydrogens is 130 g/mol. The summed E-state index contributed by atoms with van der Waals surface area (Å²) in [4.78, 5) is 10.5. The first kappa shape index (κ1) is 5.22. The maximum Gasteiger partial charge on any atom is 0.181 e. The Bertz CT molecular complexity index is 252. The molecule has 0 atom stereocenters. The van der Waals surface area contributed by atoms with Crippen molar-refractivity contribution >= 4 is 0 Å². The van der Waals surface area contributed by atoms with Gasteiger partial charge in [-0.15, -0.1) is 0 Å². The molecule has 0 saturated heterocycles. The molecule has 2 aromatic rings. The van der Waals surface area contributed by atoms with E-state index < -0.39 is 0 Å². The van der Waals surface area contributed by atoms with E-state index in [9.17, 15) is 0 Å². The minimum atomic E-state index is 0.682. The lowest BCUT2D eigenvalue weighted by atomic mass is 10.4. The summed E-state index contributed by atoms with van der Waals surface area (Å²) in [6.07, 6.45) is 6.35. The summed E-state index contributed by atoms with van der Waals surface area (Å²) < 4.78 is 4.98. The molecule has 0 aliphatic rings. The second-order valence-corrected chi connectivity index (χ2v) is 1.82. The van der Waals surface area contributed by atoms with Gasteiger partial charge >= 0.3 is 0 Å². The molecule has 0 fully saturated rings. The van der Waals surface area contributed by atoms with Crippen LogP contribution < -0.4 is 0 Å². The highest BCUT2D eigenvalue weighted by atomic mass is 16.3. The average Bonchev–Trinajstić information content (AvgIpc) is 2.59. The van der Waals surface area contributed by atoms with Crippen LogP contribution in [-0.4, -0.2) is 15.0 Å². The van der Waals surface area contributed by atoms with Crippen molar-refractivity contribution in [2.24, 2.45) is 0 Å². The number of oxazole rings is 1. The minimum absolute atomic E-state index is 0.682. The summed E-state index contributed by atoms with van der Waals surface area (Å²) >= 11 is 0. The highest BCUT2D eigenvalue weighted by Gasteiger charge is 2.00. The molecule has 50 valence electrons. The minimum Gasteiger partial charge on any atom is -0.442 e. The molecule has 0 amide bonds. The van der Waals surface area contributed by atoms with Crippen molar-refractivity contribution in [2.45, 2.75) is 0 Å². The maximum atomic E-state index is 4.98. The predicted molar refractivity (Wildman–Crippen MR) is 34.1 cm³/mol. The summed E-state index contributed by atoms with van der Waals surface area (Å²) in [5.74, 6) is 0.682. The van der Waals surface area contributed by atoms with Crippen molar-refractivity contribution < 1.29 is 4.42 Å². The number of rotatable bonds is 1. The van der Waals surface area contributed by atoms with E-state index in [1.165, 1.54) is 6.39 Å². The van der Waals surface area contributed by atoms with E-state index in [4.69, 9.17) is 4.42 Å². The Balaban J connectivity index is 2.48. The molecule has 2 aromatic heterocycles. The molecule has 4 heteroatoms. The van der Waals surface area contributed by atoms with Crippen molar-refractivity contribution in [3.63, 3.8) is 0 Å². The van der Waals surface area contributed by atoms with Crippen LogP contribution in [0.2, 0.25) is 0 Å². The molecule has 1 N–H and O–H groups in total. The third-order valence-electron chi connectivity index (χ3n) is 1.18. The zero-order chi connectivity index (χ0) is 6.81. The number of imidazole rings is 1. The number of nitrogens with one attached hydrogen (secondary N) is 1. The SMILES string of the molecule is c1nc(-c2cnco2)c[nH]1. The van der Waals surface area contributed by atoms with Crippen molar-refractivity contribution in [2.75, 3.05) is 0 Å². The average molecular weight is 135 g/mol. The predicted octanol–water partition coefficient (Wildman–Crippen LogP) is 1.06. The fraction of sp³-hybridized carbons (Fsp3) is 0. The summed E-state index contributed by atoms with van der Waals surface area (Å²) in [6, 6.07) is 0. The van der Waals surface area contributed by atoms with Gasteiger partial charge in [0.25, 0.3) is 0 Å². The highest BCUT2D eigenvalue weighted by molar-refractivity contribution is 5.47. The normalized spacial score (nSPS) is 10.0. The number of nitrogens with zero attached hydrogens (tertiary/aromatic N) is 2. The van der Waals surface area contributed by atoms with Crippen LogP contribution in [0, 0.1) is 0 Å². The van der Waals surface area contributed by atoms with E-state index in [1.54, 1.807) is 18.7 Å². The molecule has 0 unspecified atom stereocenters. The van der Waals surface area contributed by atoms with Gasteiger partial charge in [-0.1, -0.05) is 0 Å². The highest BCUT2D eigenvalue weighted by Crippen LogP contribution is 2.12. The topological polar surface area (TPSA) is 54.7 Å². The standard InChI is InChI=1S/C6H5N3O/c1-5(9-3-7-1)6-2-8-4-10-6/h1-4H,(H,7,9). The molecule has 2 rings (SSSR count). The fourth-order valence-corrected chi connectivity index (χ4v) is 0.737. The Labute approximate surface area is 56.9 Å². The molecule has 0 saturated carbocycles. The second-order valence-electron chi connectivity index (χ2n) is 1.82. The lowest BCUT2D eigenvalue weighted by molar-refractivity contribution is 0.570. The van der Waals surface area contributed by atoms with Gasteiger partial charge in [0.15, 0.2) is 12.2 Å². The van der Waals surface area contributed by atoms with Gasteiger partial charge in [-0.05, 0) is 0 Å².